The van der Waals surface area contributed by atoms with Crippen LogP contribution >= 0.6 is 0 Å². The quantitative estimate of drug-likeness (QED) is 0.592. The summed E-state index contributed by atoms with van der Waals surface area (Å²) in [6.45, 7) is 1.47. The first kappa shape index (κ1) is 18.5. The van der Waals surface area contributed by atoms with Gasteiger partial charge in [-0.1, -0.05) is 12.1 Å². The van der Waals surface area contributed by atoms with Crippen molar-refractivity contribution < 1.29 is 34.7 Å². The summed E-state index contributed by atoms with van der Waals surface area (Å²) in [6, 6.07) is 9.28. The van der Waals surface area contributed by atoms with E-state index >= 15 is 0 Å². The number of benzene rings is 1. The van der Waals surface area contributed by atoms with Gasteiger partial charge in [-0.15, -0.1) is 0 Å². The minimum Gasteiger partial charge on any atom is -1.00 e. The second-order valence-electron chi connectivity index (χ2n) is 3.97. The molecule has 0 spiro atoms. The molecule has 2 aromatic rings. The van der Waals surface area contributed by atoms with Gasteiger partial charge in [-0.05, 0) is 29.3 Å². The van der Waals surface area contributed by atoms with Crippen LogP contribution in [0.5, 0.6) is 11.5 Å². The van der Waals surface area contributed by atoms with E-state index in [0.717, 1.165) is 17.7 Å². The van der Waals surface area contributed by atoms with Crippen LogP contribution in [0.1, 0.15) is 11.1 Å². The molecule has 0 aliphatic carbocycles. The third-order valence-corrected chi connectivity index (χ3v) is 2.63. The van der Waals surface area contributed by atoms with Crippen LogP contribution in [0.4, 0.5) is 0 Å². The molecular weight excluding hydrogens is 299 g/mol. The van der Waals surface area contributed by atoms with Gasteiger partial charge < -0.3 is 40.0 Å². The van der Waals surface area contributed by atoms with Crippen LogP contribution in [-0.2, 0) is 13.1 Å². The Bertz CT molecular complexity index is 510. The summed E-state index contributed by atoms with van der Waals surface area (Å²) < 4.78 is 5.06. The molecule has 20 heavy (non-hydrogen) atoms. The first-order chi connectivity index (χ1) is 8.79. The number of phenols is 1. The highest BCUT2D eigenvalue weighted by Gasteiger charge is 2.02. The Labute approximate surface area is 131 Å². The molecule has 0 aliphatic rings. The van der Waals surface area contributed by atoms with Crippen molar-refractivity contribution in [3.63, 3.8) is 0 Å². The SMILES string of the molecule is COc1cc(CNCc2cccnc2)ccc1O.[Cl-].[Cl-]. The summed E-state index contributed by atoms with van der Waals surface area (Å²) in [7, 11) is 1.54. The summed E-state index contributed by atoms with van der Waals surface area (Å²) >= 11 is 0. The Kier molecular flexibility index (Phi) is 8.72. The molecule has 110 valence electrons. The Morgan fingerprint density at radius 3 is 2.55 bits per heavy atom. The van der Waals surface area contributed by atoms with Crippen LogP contribution < -0.4 is 34.9 Å². The summed E-state index contributed by atoms with van der Waals surface area (Å²) in [5.74, 6) is 0.657. The molecule has 1 heterocycles. The van der Waals surface area contributed by atoms with Gasteiger partial charge in [-0.2, -0.15) is 0 Å². The predicted molar refractivity (Wildman–Crippen MR) is 69.4 cm³/mol. The van der Waals surface area contributed by atoms with Crippen LogP contribution in [0.15, 0.2) is 42.7 Å². The van der Waals surface area contributed by atoms with Crippen molar-refractivity contribution in [1.82, 2.24) is 10.3 Å². The molecule has 1 aromatic heterocycles. The summed E-state index contributed by atoms with van der Waals surface area (Å²) in [5, 5.41) is 12.8. The van der Waals surface area contributed by atoms with Gasteiger partial charge in [0.2, 0.25) is 0 Å². The minimum atomic E-state index is 0. The zero-order chi connectivity index (χ0) is 12.8. The third kappa shape index (κ3) is 5.25. The van der Waals surface area contributed by atoms with Crippen LogP contribution in [0.2, 0.25) is 0 Å². The van der Waals surface area contributed by atoms with E-state index in [0.29, 0.717) is 12.3 Å². The summed E-state index contributed by atoms with van der Waals surface area (Å²) in [6.07, 6.45) is 3.60. The molecule has 0 bridgehead atoms. The van der Waals surface area contributed by atoms with E-state index < -0.39 is 0 Å². The number of methoxy groups -OCH3 is 1. The van der Waals surface area contributed by atoms with Crippen molar-refractivity contribution in [2.24, 2.45) is 0 Å². The largest absolute Gasteiger partial charge is 1.00 e. The molecule has 0 saturated heterocycles. The first-order valence-electron chi connectivity index (χ1n) is 5.75. The number of phenolic OH excluding ortho intramolecular Hbond substituents is 1. The van der Waals surface area contributed by atoms with E-state index in [2.05, 4.69) is 10.3 Å². The number of halogens is 2. The third-order valence-electron chi connectivity index (χ3n) is 2.63. The zero-order valence-electron chi connectivity index (χ0n) is 11.0. The maximum Gasteiger partial charge on any atom is 0.160 e. The monoisotopic (exact) mass is 314 g/mol. The Morgan fingerprint density at radius 1 is 1.15 bits per heavy atom. The van der Waals surface area contributed by atoms with Gasteiger partial charge in [-0.25, -0.2) is 0 Å². The van der Waals surface area contributed by atoms with Crippen LogP contribution in [0, 0.1) is 0 Å². The number of aromatic nitrogens is 1. The van der Waals surface area contributed by atoms with Gasteiger partial charge in [-0.3, -0.25) is 4.98 Å². The molecule has 0 aliphatic heterocycles. The van der Waals surface area contributed by atoms with Crippen LogP contribution in [0.25, 0.3) is 0 Å². The molecular formula is C14H16Cl2N2O2-2. The number of hydrogen-bond acceptors (Lipinski definition) is 4. The van der Waals surface area contributed by atoms with E-state index in [-0.39, 0.29) is 30.6 Å². The number of rotatable bonds is 5. The molecule has 1 aromatic carbocycles. The van der Waals surface area contributed by atoms with E-state index in [1.807, 2.05) is 30.5 Å². The highest BCUT2D eigenvalue weighted by Crippen LogP contribution is 2.26. The molecule has 2 N–H and O–H groups in total. The average Bonchev–Trinajstić information content (AvgIpc) is 2.42. The van der Waals surface area contributed by atoms with Gasteiger partial charge in [0.1, 0.15) is 0 Å². The second kappa shape index (κ2) is 9.42. The number of nitrogens with one attached hydrogen (secondary N) is 1. The van der Waals surface area contributed by atoms with Gasteiger partial charge in [0.05, 0.1) is 7.11 Å². The second-order valence-corrected chi connectivity index (χ2v) is 3.97. The van der Waals surface area contributed by atoms with Gasteiger partial charge in [0.25, 0.3) is 0 Å². The molecule has 6 heteroatoms. The van der Waals surface area contributed by atoms with Crippen molar-refractivity contribution in [2.75, 3.05) is 7.11 Å². The molecule has 0 radical (unpaired) electrons. The van der Waals surface area contributed by atoms with Crippen molar-refractivity contribution >= 4 is 0 Å². The van der Waals surface area contributed by atoms with Crippen molar-refractivity contribution in [3.05, 3.63) is 53.9 Å². The number of aromatic hydroxyl groups is 1. The fraction of sp³-hybridized carbons (Fsp3) is 0.214. The molecule has 0 unspecified atom stereocenters. The molecule has 0 saturated carbocycles. The maximum absolute atomic E-state index is 9.48. The Balaban J connectivity index is 0.00000180. The normalized spacial score (nSPS) is 9.25. The van der Waals surface area contributed by atoms with Crippen molar-refractivity contribution in [3.8, 4) is 11.5 Å². The first-order valence-corrected chi connectivity index (χ1v) is 5.75. The average molecular weight is 315 g/mol. The molecule has 0 amide bonds. The van der Waals surface area contributed by atoms with Gasteiger partial charge in [0, 0.05) is 25.5 Å². The summed E-state index contributed by atoms with van der Waals surface area (Å²) in [4.78, 5) is 4.06. The van der Waals surface area contributed by atoms with Crippen molar-refractivity contribution in [2.45, 2.75) is 13.1 Å². The number of nitrogens with zero attached hydrogens (tertiary/aromatic N) is 1. The highest BCUT2D eigenvalue weighted by molar-refractivity contribution is 5.41. The Morgan fingerprint density at radius 2 is 1.90 bits per heavy atom. The maximum atomic E-state index is 9.48. The number of ether oxygens (including phenoxy) is 1. The minimum absolute atomic E-state index is 0. The standard InChI is InChI=1S/C14H16N2O2.2ClH/c1-18-14-7-11(4-5-13(14)17)8-16-10-12-3-2-6-15-9-12;;/h2-7,9,16-17H,8,10H2,1H3;2*1H/p-2. The lowest BCUT2D eigenvalue weighted by atomic mass is 10.2. The lowest BCUT2D eigenvalue weighted by Crippen LogP contribution is -3.00. The smallest absolute Gasteiger partial charge is 0.160 e. The lowest BCUT2D eigenvalue weighted by Gasteiger charge is -2.08. The predicted octanol–water partition coefficient (Wildman–Crippen LogP) is -3.91. The van der Waals surface area contributed by atoms with Gasteiger partial charge >= 0.3 is 0 Å². The van der Waals surface area contributed by atoms with Crippen LogP contribution in [-0.4, -0.2) is 17.2 Å². The van der Waals surface area contributed by atoms with Crippen molar-refractivity contribution in [1.29, 1.82) is 0 Å². The van der Waals surface area contributed by atoms with Gasteiger partial charge in [0.15, 0.2) is 11.5 Å². The summed E-state index contributed by atoms with van der Waals surface area (Å²) in [5.41, 5.74) is 2.21. The zero-order valence-corrected chi connectivity index (χ0v) is 12.5. The molecule has 2 rings (SSSR count). The highest BCUT2D eigenvalue weighted by atomic mass is 35.5. The lowest BCUT2D eigenvalue weighted by molar-refractivity contribution is -0.00100. The van der Waals surface area contributed by atoms with E-state index in [1.165, 1.54) is 0 Å². The van der Waals surface area contributed by atoms with E-state index in [4.69, 9.17) is 4.74 Å². The fourth-order valence-corrected chi connectivity index (χ4v) is 1.69. The topological polar surface area (TPSA) is 54.4 Å². The van der Waals surface area contributed by atoms with E-state index in [9.17, 15) is 5.11 Å². The fourth-order valence-electron chi connectivity index (χ4n) is 1.69. The number of pyridine rings is 1. The molecule has 0 fully saturated rings. The molecule has 0 atom stereocenters. The molecule has 4 nitrogen and oxygen atoms in total. The Hall–Kier alpha value is -1.49. The number of hydrogen-bond donors (Lipinski definition) is 2. The van der Waals surface area contributed by atoms with Crippen LogP contribution in [0.3, 0.4) is 0 Å². The van der Waals surface area contributed by atoms with E-state index in [1.54, 1.807) is 19.4 Å².